The van der Waals surface area contributed by atoms with Crippen LogP contribution in [0.4, 0.5) is 0 Å². The van der Waals surface area contributed by atoms with Gasteiger partial charge in [0.25, 0.3) is 0 Å². The van der Waals surface area contributed by atoms with Gasteiger partial charge >= 0.3 is 0 Å². The first-order valence-electron chi connectivity index (χ1n) is 8.00. The highest BCUT2D eigenvalue weighted by atomic mass is 16.3. The lowest BCUT2D eigenvalue weighted by atomic mass is 9.78. The summed E-state index contributed by atoms with van der Waals surface area (Å²) < 4.78 is 0. The first-order chi connectivity index (χ1) is 9.24. The first kappa shape index (κ1) is 13.2. The van der Waals surface area contributed by atoms with E-state index in [1.165, 1.54) is 49.7 Å². The van der Waals surface area contributed by atoms with Crippen molar-refractivity contribution in [1.82, 2.24) is 0 Å². The molecule has 1 aromatic rings. The van der Waals surface area contributed by atoms with E-state index in [-0.39, 0.29) is 6.10 Å². The Balaban J connectivity index is 1.67. The number of hydrogen-bond acceptors (Lipinski definition) is 1. The predicted molar refractivity (Wildman–Crippen MR) is 79.2 cm³/mol. The molecule has 0 bridgehead atoms. The first-order valence-corrected chi connectivity index (χ1v) is 8.00. The van der Waals surface area contributed by atoms with Crippen LogP contribution < -0.4 is 0 Å². The maximum Gasteiger partial charge on any atom is 0.0574 e. The monoisotopic (exact) mass is 258 g/mol. The third kappa shape index (κ3) is 2.86. The van der Waals surface area contributed by atoms with Gasteiger partial charge < -0.3 is 5.11 Å². The number of hydrogen-bond donors (Lipinski definition) is 1. The molecule has 19 heavy (non-hydrogen) atoms. The Bertz CT molecular complexity index is 425. The molecule has 2 aliphatic rings. The summed E-state index contributed by atoms with van der Waals surface area (Å²) in [5.74, 6) is 1.97. The van der Waals surface area contributed by atoms with Gasteiger partial charge in [-0.05, 0) is 67.4 Å². The molecule has 0 saturated heterocycles. The van der Waals surface area contributed by atoms with Crippen LogP contribution in [0.15, 0.2) is 24.3 Å². The summed E-state index contributed by atoms with van der Waals surface area (Å²) in [6.07, 6.45) is 8.44. The van der Waals surface area contributed by atoms with Gasteiger partial charge in [-0.2, -0.15) is 0 Å². The van der Waals surface area contributed by atoms with Crippen LogP contribution in [0.2, 0.25) is 0 Å². The Labute approximate surface area is 117 Å². The molecule has 1 saturated carbocycles. The third-order valence-electron chi connectivity index (χ3n) is 5.30. The van der Waals surface area contributed by atoms with Gasteiger partial charge in [-0.15, -0.1) is 0 Å². The largest absolute Gasteiger partial charge is 0.393 e. The van der Waals surface area contributed by atoms with Crippen LogP contribution in [0.5, 0.6) is 0 Å². The number of fused-ring (bicyclic) bond motifs is 1. The average Bonchev–Trinajstić information content (AvgIpc) is 2.86. The Kier molecular flexibility index (Phi) is 3.93. The van der Waals surface area contributed by atoms with Crippen molar-refractivity contribution in [1.29, 1.82) is 0 Å². The maximum absolute atomic E-state index is 10.5. The standard InChI is InChI=1S/C18H26O/c1-13-9-10-16(11-13)18(19)12-15-7-4-6-14-5-2-3-8-17(14)15/h2-3,5,8,13,15-16,18-19H,4,6-7,9-12H2,1H3. The van der Waals surface area contributed by atoms with Gasteiger partial charge in [-0.25, -0.2) is 0 Å². The molecule has 4 unspecified atom stereocenters. The lowest BCUT2D eigenvalue weighted by Crippen LogP contribution is -2.23. The van der Waals surface area contributed by atoms with Gasteiger partial charge in [0.15, 0.2) is 0 Å². The lowest BCUT2D eigenvalue weighted by Gasteiger charge is -2.29. The average molecular weight is 258 g/mol. The van der Waals surface area contributed by atoms with Crippen molar-refractivity contribution in [3.63, 3.8) is 0 Å². The fourth-order valence-corrected chi connectivity index (χ4v) is 4.18. The second kappa shape index (κ2) is 5.66. The van der Waals surface area contributed by atoms with Crippen LogP contribution in [-0.2, 0) is 6.42 Å². The molecule has 1 heteroatoms. The number of rotatable bonds is 3. The number of aliphatic hydroxyl groups is 1. The Morgan fingerprint density at radius 3 is 2.84 bits per heavy atom. The fourth-order valence-electron chi connectivity index (χ4n) is 4.18. The molecular formula is C18H26O. The third-order valence-corrected chi connectivity index (χ3v) is 5.30. The summed E-state index contributed by atoms with van der Waals surface area (Å²) >= 11 is 0. The number of benzene rings is 1. The van der Waals surface area contributed by atoms with Crippen LogP contribution in [0.1, 0.15) is 62.5 Å². The zero-order valence-corrected chi connectivity index (χ0v) is 12.0. The molecule has 1 fully saturated rings. The summed E-state index contributed by atoms with van der Waals surface area (Å²) in [6.45, 7) is 2.32. The molecule has 0 spiro atoms. The summed E-state index contributed by atoms with van der Waals surface area (Å²) in [4.78, 5) is 0. The maximum atomic E-state index is 10.5. The lowest BCUT2D eigenvalue weighted by molar-refractivity contribution is 0.0904. The van der Waals surface area contributed by atoms with Gasteiger partial charge in [0, 0.05) is 0 Å². The molecule has 104 valence electrons. The molecule has 0 aromatic heterocycles. The van der Waals surface area contributed by atoms with E-state index in [0.29, 0.717) is 11.8 Å². The minimum Gasteiger partial charge on any atom is -0.393 e. The summed E-state index contributed by atoms with van der Waals surface area (Å²) in [6, 6.07) is 8.85. The highest BCUT2D eigenvalue weighted by molar-refractivity contribution is 5.32. The molecule has 1 aromatic carbocycles. The van der Waals surface area contributed by atoms with E-state index in [2.05, 4.69) is 31.2 Å². The summed E-state index contributed by atoms with van der Waals surface area (Å²) in [5.41, 5.74) is 3.03. The summed E-state index contributed by atoms with van der Waals surface area (Å²) in [7, 11) is 0. The molecule has 0 heterocycles. The van der Waals surface area contributed by atoms with Gasteiger partial charge in [0.05, 0.1) is 6.10 Å². The molecule has 2 aliphatic carbocycles. The molecule has 0 aliphatic heterocycles. The van der Waals surface area contributed by atoms with Crippen molar-refractivity contribution in [2.45, 2.75) is 63.9 Å². The van der Waals surface area contributed by atoms with E-state index < -0.39 is 0 Å². The number of aliphatic hydroxyl groups excluding tert-OH is 1. The normalized spacial score (nSPS) is 32.0. The van der Waals surface area contributed by atoms with Crippen LogP contribution in [-0.4, -0.2) is 11.2 Å². The highest BCUT2D eigenvalue weighted by Crippen LogP contribution is 2.39. The topological polar surface area (TPSA) is 20.2 Å². The van der Waals surface area contributed by atoms with Crippen molar-refractivity contribution in [2.75, 3.05) is 0 Å². The summed E-state index contributed by atoms with van der Waals surface area (Å²) in [5, 5.41) is 10.5. The van der Waals surface area contributed by atoms with Gasteiger partial charge in [-0.3, -0.25) is 0 Å². The van der Waals surface area contributed by atoms with Crippen molar-refractivity contribution >= 4 is 0 Å². The van der Waals surface area contributed by atoms with E-state index in [4.69, 9.17) is 0 Å². The van der Waals surface area contributed by atoms with E-state index in [1.54, 1.807) is 0 Å². The van der Waals surface area contributed by atoms with Crippen LogP contribution in [0.3, 0.4) is 0 Å². The molecule has 1 nitrogen and oxygen atoms in total. The fraction of sp³-hybridized carbons (Fsp3) is 0.667. The van der Waals surface area contributed by atoms with E-state index >= 15 is 0 Å². The van der Waals surface area contributed by atoms with Gasteiger partial charge in [0.1, 0.15) is 0 Å². The molecular weight excluding hydrogens is 232 g/mol. The molecule has 0 radical (unpaired) electrons. The van der Waals surface area contributed by atoms with Crippen LogP contribution >= 0.6 is 0 Å². The molecule has 0 amide bonds. The number of aryl methyl sites for hydroxylation is 1. The van der Waals surface area contributed by atoms with Gasteiger partial charge in [0.2, 0.25) is 0 Å². The van der Waals surface area contributed by atoms with Crippen molar-refractivity contribution < 1.29 is 5.11 Å². The van der Waals surface area contributed by atoms with E-state index in [9.17, 15) is 5.11 Å². The molecule has 4 atom stereocenters. The van der Waals surface area contributed by atoms with Crippen LogP contribution in [0, 0.1) is 11.8 Å². The van der Waals surface area contributed by atoms with E-state index in [0.717, 1.165) is 12.3 Å². The molecule has 1 N–H and O–H groups in total. The second-order valence-corrected chi connectivity index (χ2v) is 6.77. The van der Waals surface area contributed by atoms with Crippen molar-refractivity contribution in [3.8, 4) is 0 Å². The predicted octanol–water partition coefficient (Wildman–Crippen LogP) is 4.29. The Morgan fingerprint density at radius 2 is 2.05 bits per heavy atom. The van der Waals surface area contributed by atoms with Gasteiger partial charge in [-0.1, -0.05) is 37.6 Å². The van der Waals surface area contributed by atoms with Crippen molar-refractivity contribution in [2.24, 2.45) is 11.8 Å². The molecule has 3 rings (SSSR count). The van der Waals surface area contributed by atoms with Crippen LogP contribution in [0.25, 0.3) is 0 Å². The zero-order valence-electron chi connectivity index (χ0n) is 12.0. The second-order valence-electron chi connectivity index (χ2n) is 6.77. The van der Waals surface area contributed by atoms with E-state index in [1.807, 2.05) is 0 Å². The minimum atomic E-state index is -0.0823. The minimum absolute atomic E-state index is 0.0823. The quantitative estimate of drug-likeness (QED) is 0.857. The van der Waals surface area contributed by atoms with Crippen molar-refractivity contribution in [3.05, 3.63) is 35.4 Å². The smallest absolute Gasteiger partial charge is 0.0574 e. The Hall–Kier alpha value is -0.820. The highest BCUT2D eigenvalue weighted by Gasteiger charge is 2.30. The zero-order chi connectivity index (χ0) is 13.2. The SMILES string of the molecule is CC1CCC(C(O)CC2CCCc3ccccc32)C1. The Morgan fingerprint density at radius 1 is 1.21 bits per heavy atom.